The van der Waals surface area contributed by atoms with Crippen molar-refractivity contribution in [3.05, 3.63) is 71.8 Å². The fraction of sp³-hybridized carbons (Fsp3) is 0.481. The molecule has 0 unspecified atom stereocenters. The first-order valence-corrected chi connectivity index (χ1v) is 11.5. The van der Waals surface area contributed by atoms with E-state index in [1.807, 2.05) is 95.3 Å². The summed E-state index contributed by atoms with van der Waals surface area (Å²) in [5.74, 6) is -1.50. The van der Waals surface area contributed by atoms with Crippen molar-refractivity contribution < 1.29 is 24.2 Å². The van der Waals surface area contributed by atoms with Gasteiger partial charge in [-0.1, -0.05) is 60.7 Å². The maximum absolute atomic E-state index is 13.2. The summed E-state index contributed by atoms with van der Waals surface area (Å²) in [5, 5.41) is 9.97. The van der Waals surface area contributed by atoms with Crippen LogP contribution in [0.2, 0.25) is 0 Å². The fourth-order valence-corrected chi connectivity index (χ4v) is 4.47. The monoisotopic (exact) mass is 453 g/mol. The SMILES string of the molecule is CC(C)(C)OC(=O)N1[C@@H](Cc2ccccc2)[C@H](C[C@@H](Cc2ccccc2)C(=O)O)OC1(C)C. The maximum atomic E-state index is 13.2. The lowest BCUT2D eigenvalue weighted by molar-refractivity contribution is -0.144. The Bertz CT molecular complexity index is 936. The number of hydrogen-bond acceptors (Lipinski definition) is 4. The summed E-state index contributed by atoms with van der Waals surface area (Å²) >= 11 is 0. The molecule has 1 aliphatic heterocycles. The molecule has 3 atom stereocenters. The molecule has 1 aliphatic rings. The molecule has 3 rings (SSSR count). The quantitative estimate of drug-likeness (QED) is 0.615. The molecule has 0 bridgehead atoms. The van der Waals surface area contributed by atoms with E-state index in [4.69, 9.17) is 9.47 Å². The second-order valence-corrected chi connectivity index (χ2v) is 10.2. The van der Waals surface area contributed by atoms with E-state index in [2.05, 4.69) is 0 Å². The summed E-state index contributed by atoms with van der Waals surface area (Å²) in [6.45, 7) is 9.17. The molecule has 0 aromatic heterocycles. The van der Waals surface area contributed by atoms with Gasteiger partial charge >= 0.3 is 12.1 Å². The molecule has 178 valence electrons. The van der Waals surface area contributed by atoms with Gasteiger partial charge in [-0.15, -0.1) is 0 Å². The molecule has 6 heteroatoms. The van der Waals surface area contributed by atoms with E-state index < -0.39 is 35.4 Å². The van der Waals surface area contributed by atoms with E-state index in [0.29, 0.717) is 19.3 Å². The van der Waals surface area contributed by atoms with Gasteiger partial charge in [0.2, 0.25) is 0 Å². The van der Waals surface area contributed by atoms with Crippen molar-refractivity contribution in [2.75, 3.05) is 0 Å². The van der Waals surface area contributed by atoms with Crippen LogP contribution in [0.25, 0.3) is 0 Å². The minimum Gasteiger partial charge on any atom is -0.481 e. The van der Waals surface area contributed by atoms with Crippen LogP contribution < -0.4 is 0 Å². The van der Waals surface area contributed by atoms with Gasteiger partial charge in [0, 0.05) is 0 Å². The molecule has 1 saturated heterocycles. The Morgan fingerprint density at radius 1 is 1.03 bits per heavy atom. The first kappa shape index (κ1) is 24.8. The molecule has 1 fully saturated rings. The third-order valence-corrected chi connectivity index (χ3v) is 5.85. The van der Waals surface area contributed by atoms with E-state index in [0.717, 1.165) is 11.1 Å². The van der Waals surface area contributed by atoms with E-state index >= 15 is 0 Å². The van der Waals surface area contributed by atoms with Crippen LogP contribution in [0.1, 0.15) is 52.2 Å². The van der Waals surface area contributed by atoms with Crippen LogP contribution in [-0.2, 0) is 27.1 Å². The van der Waals surface area contributed by atoms with Crippen molar-refractivity contribution >= 4 is 12.1 Å². The summed E-state index contributed by atoms with van der Waals surface area (Å²) in [6, 6.07) is 19.1. The van der Waals surface area contributed by atoms with Crippen LogP contribution in [0.3, 0.4) is 0 Å². The number of benzene rings is 2. The molecule has 2 aromatic carbocycles. The average molecular weight is 454 g/mol. The summed E-state index contributed by atoms with van der Waals surface area (Å²) in [7, 11) is 0. The molecular weight excluding hydrogens is 418 g/mol. The predicted octanol–water partition coefficient (Wildman–Crippen LogP) is 5.30. The number of carboxylic acids is 1. The fourth-order valence-electron chi connectivity index (χ4n) is 4.47. The zero-order valence-corrected chi connectivity index (χ0v) is 20.2. The number of carbonyl (C=O) groups excluding carboxylic acids is 1. The summed E-state index contributed by atoms with van der Waals surface area (Å²) in [4.78, 5) is 27.1. The van der Waals surface area contributed by atoms with E-state index in [-0.39, 0.29) is 6.04 Å². The normalized spacial score (nSPS) is 20.9. The Hall–Kier alpha value is -2.86. The molecule has 1 heterocycles. The van der Waals surface area contributed by atoms with Gasteiger partial charge in [-0.05, 0) is 65.0 Å². The summed E-state index contributed by atoms with van der Waals surface area (Å²) < 4.78 is 12.1. The van der Waals surface area contributed by atoms with Gasteiger partial charge in [0.15, 0.2) is 0 Å². The van der Waals surface area contributed by atoms with Crippen LogP contribution in [0.4, 0.5) is 4.79 Å². The Morgan fingerprint density at radius 2 is 1.58 bits per heavy atom. The summed E-state index contributed by atoms with van der Waals surface area (Å²) in [5.41, 5.74) is 0.435. The number of nitrogens with zero attached hydrogens (tertiary/aromatic N) is 1. The van der Waals surface area contributed by atoms with Crippen molar-refractivity contribution in [2.24, 2.45) is 5.92 Å². The highest BCUT2D eigenvalue weighted by atomic mass is 16.6. The lowest BCUT2D eigenvalue weighted by Gasteiger charge is -2.35. The van der Waals surface area contributed by atoms with Crippen LogP contribution >= 0.6 is 0 Å². The van der Waals surface area contributed by atoms with Crippen molar-refractivity contribution in [2.45, 2.75) is 77.4 Å². The van der Waals surface area contributed by atoms with Crippen LogP contribution in [-0.4, -0.2) is 45.5 Å². The number of carbonyl (C=O) groups is 2. The maximum Gasteiger partial charge on any atom is 0.412 e. The highest BCUT2D eigenvalue weighted by Gasteiger charge is 2.51. The van der Waals surface area contributed by atoms with Crippen LogP contribution in [0.15, 0.2) is 60.7 Å². The molecule has 2 aromatic rings. The third-order valence-electron chi connectivity index (χ3n) is 5.85. The van der Waals surface area contributed by atoms with E-state index in [9.17, 15) is 14.7 Å². The zero-order valence-electron chi connectivity index (χ0n) is 20.2. The number of amides is 1. The Labute approximate surface area is 196 Å². The zero-order chi connectivity index (χ0) is 24.2. The lowest BCUT2D eigenvalue weighted by atomic mass is 9.89. The number of aliphatic carboxylic acids is 1. The van der Waals surface area contributed by atoms with Crippen molar-refractivity contribution in [1.29, 1.82) is 0 Å². The van der Waals surface area contributed by atoms with Gasteiger partial charge < -0.3 is 14.6 Å². The molecule has 0 radical (unpaired) electrons. The molecule has 1 amide bonds. The first-order chi connectivity index (χ1) is 15.5. The smallest absolute Gasteiger partial charge is 0.412 e. The third kappa shape index (κ3) is 6.57. The Morgan fingerprint density at radius 3 is 2.09 bits per heavy atom. The molecule has 0 spiro atoms. The largest absolute Gasteiger partial charge is 0.481 e. The van der Waals surface area contributed by atoms with Crippen molar-refractivity contribution in [3.8, 4) is 0 Å². The lowest BCUT2D eigenvalue weighted by Crippen LogP contribution is -2.51. The molecule has 0 saturated carbocycles. The van der Waals surface area contributed by atoms with Crippen LogP contribution in [0.5, 0.6) is 0 Å². The van der Waals surface area contributed by atoms with Gasteiger partial charge in [-0.2, -0.15) is 0 Å². The molecule has 1 N–H and O–H groups in total. The topological polar surface area (TPSA) is 76.1 Å². The van der Waals surface area contributed by atoms with Gasteiger partial charge in [0.05, 0.1) is 18.1 Å². The van der Waals surface area contributed by atoms with Gasteiger partial charge in [0.1, 0.15) is 11.3 Å². The Balaban J connectivity index is 1.90. The highest BCUT2D eigenvalue weighted by Crippen LogP contribution is 2.38. The van der Waals surface area contributed by atoms with Crippen molar-refractivity contribution in [3.63, 3.8) is 0 Å². The molecule has 0 aliphatic carbocycles. The minimum atomic E-state index is -0.928. The molecular formula is C27H35NO5. The molecule has 33 heavy (non-hydrogen) atoms. The Kier molecular flexibility index (Phi) is 7.48. The number of ether oxygens (including phenoxy) is 2. The van der Waals surface area contributed by atoms with Gasteiger partial charge in [-0.25, -0.2) is 4.79 Å². The van der Waals surface area contributed by atoms with Crippen molar-refractivity contribution in [1.82, 2.24) is 4.90 Å². The predicted molar refractivity (Wildman–Crippen MR) is 127 cm³/mol. The van der Waals surface area contributed by atoms with E-state index in [1.165, 1.54) is 0 Å². The van der Waals surface area contributed by atoms with E-state index in [1.54, 1.807) is 4.90 Å². The second-order valence-electron chi connectivity index (χ2n) is 10.2. The minimum absolute atomic E-state index is 0.296. The average Bonchev–Trinajstić information content (AvgIpc) is 2.97. The van der Waals surface area contributed by atoms with Gasteiger partial charge in [0.25, 0.3) is 0 Å². The highest BCUT2D eigenvalue weighted by molar-refractivity contribution is 5.71. The molecule has 6 nitrogen and oxygen atoms in total. The van der Waals surface area contributed by atoms with Crippen LogP contribution in [0, 0.1) is 5.92 Å². The number of carboxylic acid groups (broad SMARTS) is 1. The first-order valence-electron chi connectivity index (χ1n) is 11.5. The number of hydrogen-bond donors (Lipinski definition) is 1. The second kappa shape index (κ2) is 9.96. The number of rotatable bonds is 7. The van der Waals surface area contributed by atoms with Gasteiger partial charge in [-0.3, -0.25) is 9.69 Å². The standard InChI is InChI=1S/C27H35NO5/c1-26(2,3)33-25(31)28-22(17-20-14-10-7-11-15-20)23(32-27(28,4)5)18-21(24(29)30)16-19-12-8-6-9-13-19/h6-15,21-23H,16-18H2,1-5H3,(H,29,30)/t21-,22+,23+/m1/s1. The summed E-state index contributed by atoms with van der Waals surface area (Å²) in [6.07, 6.45) is 0.348.